The number of phenolic OH excluding ortho intramolecular Hbond substituents is 2. The summed E-state index contributed by atoms with van der Waals surface area (Å²) in [6, 6.07) is -1.39. The van der Waals surface area contributed by atoms with Crippen LogP contribution in [0.15, 0.2) is 48.5 Å². The second-order valence-electron chi connectivity index (χ2n) is 21.0. The molecule has 1 saturated heterocycles. The molecule has 458 valence electrons. The third kappa shape index (κ3) is 24.7. The van der Waals surface area contributed by atoms with E-state index in [1.54, 1.807) is 20.8 Å². The number of hydrogen-bond acceptors (Lipinski definition) is 16. The van der Waals surface area contributed by atoms with Crippen LogP contribution < -0.4 is 64.6 Å². The summed E-state index contributed by atoms with van der Waals surface area (Å²) in [7, 11) is 0. The minimum absolute atomic E-state index is 0.00143. The zero-order chi connectivity index (χ0) is 61.9. The smallest absolute Gasteiger partial charge is 0.326 e. The minimum atomic E-state index is -1.95. The van der Waals surface area contributed by atoms with E-state index in [1.807, 2.05) is 6.92 Å². The molecule has 2 aromatic carbocycles. The van der Waals surface area contributed by atoms with Crippen LogP contribution in [0.25, 0.3) is 0 Å². The van der Waals surface area contributed by atoms with Crippen LogP contribution in [0.3, 0.4) is 0 Å². The highest BCUT2D eigenvalue weighted by molar-refractivity contribution is 5.99. The largest absolute Gasteiger partial charge is 0.508 e. The lowest BCUT2D eigenvalue weighted by molar-refractivity contribution is -0.143. The van der Waals surface area contributed by atoms with Gasteiger partial charge in [0.2, 0.25) is 59.1 Å². The van der Waals surface area contributed by atoms with Crippen molar-refractivity contribution < 1.29 is 78.0 Å². The number of hydrogen-bond donors (Lipinski definition) is 16. The van der Waals surface area contributed by atoms with Gasteiger partial charge in [0.1, 0.15) is 59.8 Å². The van der Waals surface area contributed by atoms with Crippen molar-refractivity contribution in [2.75, 3.05) is 19.6 Å². The molecular weight excluding hydrogens is 1080 g/mol. The van der Waals surface area contributed by atoms with Crippen LogP contribution in [0.2, 0.25) is 0 Å². The maximum Gasteiger partial charge on any atom is 0.326 e. The molecule has 3 rings (SSSR count). The number of primary amides is 1. The second-order valence-corrected chi connectivity index (χ2v) is 21.0. The minimum Gasteiger partial charge on any atom is -0.508 e. The van der Waals surface area contributed by atoms with Crippen molar-refractivity contribution >= 4 is 71.0 Å². The third-order valence-corrected chi connectivity index (χ3v) is 13.6. The summed E-state index contributed by atoms with van der Waals surface area (Å²) in [4.78, 5) is 160. The van der Waals surface area contributed by atoms with Gasteiger partial charge in [-0.2, -0.15) is 0 Å². The number of amides is 10. The quantitative estimate of drug-likeness (QED) is 0.0319. The van der Waals surface area contributed by atoms with Crippen molar-refractivity contribution in [3.05, 3.63) is 59.7 Å². The van der Waals surface area contributed by atoms with Crippen LogP contribution in [0.4, 0.5) is 0 Å². The Labute approximate surface area is 480 Å². The number of carboxylic acids is 2. The molecule has 83 heavy (non-hydrogen) atoms. The maximum absolute atomic E-state index is 14.4. The molecule has 28 nitrogen and oxygen atoms in total. The van der Waals surface area contributed by atoms with Crippen LogP contribution in [0.5, 0.6) is 11.5 Å². The number of rotatable bonds is 36. The number of nitrogens with one attached hydrogen (secondary N) is 10. The molecule has 2 aromatic rings. The Morgan fingerprint density at radius 3 is 1.59 bits per heavy atom. The van der Waals surface area contributed by atoms with Crippen molar-refractivity contribution in [1.29, 1.82) is 0 Å². The average Bonchev–Trinajstić information content (AvgIpc) is 4.05. The number of carboxylic acid groups (broad SMARTS) is 2. The summed E-state index contributed by atoms with van der Waals surface area (Å²) in [5.74, 6) is -12.6. The van der Waals surface area contributed by atoms with Crippen LogP contribution >= 0.6 is 0 Å². The lowest BCUT2D eigenvalue weighted by Gasteiger charge is -2.27. The van der Waals surface area contributed by atoms with E-state index in [1.165, 1.54) is 48.5 Å². The molecule has 18 N–H and O–H groups in total. The van der Waals surface area contributed by atoms with E-state index in [4.69, 9.17) is 11.5 Å². The summed E-state index contributed by atoms with van der Waals surface area (Å²) < 4.78 is 0. The lowest BCUT2D eigenvalue weighted by Crippen LogP contribution is -2.60. The van der Waals surface area contributed by atoms with Gasteiger partial charge in [-0.1, -0.05) is 58.4 Å². The third-order valence-electron chi connectivity index (χ3n) is 13.6. The fraction of sp³-hybridized carbons (Fsp3) is 0.564. The van der Waals surface area contributed by atoms with Gasteiger partial charge < -0.3 is 85.1 Å². The zero-order valence-electron chi connectivity index (χ0n) is 47.4. The van der Waals surface area contributed by atoms with E-state index in [-0.39, 0.29) is 61.5 Å². The predicted molar refractivity (Wildman–Crippen MR) is 299 cm³/mol. The van der Waals surface area contributed by atoms with Gasteiger partial charge in [-0.3, -0.25) is 52.7 Å². The van der Waals surface area contributed by atoms with E-state index in [0.717, 1.165) is 13.3 Å². The Morgan fingerprint density at radius 1 is 0.602 bits per heavy atom. The number of carbonyl (C=O) groups is 12. The molecular formula is C55H82N12O16. The first-order valence-corrected chi connectivity index (χ1v) is 27.6. The molecule has 0 unspecified atom stereocenters. The van der Waals surface area contributed by atoms with E-state index in [0.29, 0.717) is 43.4 Å². The number of aromatic hydroxyl groups is 2. The molecule has 0 aliphatic carbocycles. The molecule has 0 bridgehead atoms. The summed E-state index contributed by atoms with van der Waals surface area (Å²) in [6.45, 7) is 8.46. The zero-order valence-corrected chi connectivity index (χ0v) is 47.4. The van der Waals surface area contributed by atoms with Crippen molar-refractivity contribution in [3.63, 3.8) is 0 Å². The molecule has 1 fully saturated rings. The van der Waals surface area contributed by atoms with Crippen molar-refractivity contribution in [1.82, 2.24) is 53.2 Å². The van der Waals surface area contributed by atoms with Gasteiger partial charge in [-0.15, -0.1) is 0 Å². The summed E-state index contributed by atoms with van der Waals surface area (Å²) >= 11 is 0. The number of nitrogens with two attached hydrogens (primary N) is 2. The first-order valence-electron chi connectivity index (χ1n) is 27.6. The summed E-state index contributed by atoms with van der Waals surface area (Å²) in [5, 5.41) is 64.9. The van der Waals surface area contributed by atoms with Crippen molar-refractivity contribution in [3.8, 4) is 11.5 Å². The Kier molecular flexibility index (Phi) is 28.9. The van der Waals surface area contributed by atoms with E-state index >= 15 is 0 Å². The van der Waals surface area contributed by atoms with Gasteiger partial charge in [0.15, 0.2) is 0 Å². The highest BCUT2D eigenvalue weighted by Crippen LogP contribution is 2.16. The van der Waals surface area contributed by atoms with Crippen LogP contribution in [-0.2, 0) is 70.4 Å². The van der Waals surface area contributed by atoms with Gasteiger partial charge in [0.05, 0.1) is 19.0 Å². The topological polar surface area (TPSA) is 458 Å². The SMILES string of the molecule is CC[C@H](C)[C@H](NC(=O)[C@@H]1CCCN1)C(=O)NCC(=O)N[C@@H](Cc1ccc(O)cc1)C(=O)N[C@@H](Cc1ccc(O)cc1)C(=O)N[C@@H](CC(=O)O)C(=O)N[C@@H](C)C(=O)N[C@@H](CCC(N)=O)C(=O)N[C@@H](CCCCN)C(=O)N[C@@H](CC(C)C)C(=O)O. The van der Waals surface area contributed by atoms with Gasteiger partial charge in [-0.05, 0) is 112 Å². The average molecular weight is 1170 g/mol. The highest BCUT2D eigenvalue weighted by atomic mass is 16.4. The number of aliphatic carboxylic acids is 2. The highest BCUT2D eigenvalue weighted by Gasteiger charge is 2.36. The van der Waals surface area contributed by atoms with E-state index in [2.05, 4.69) is 53.2 Å². The first-order chi connectivity index (χ1) is 39.2. The second kappa shape index (κ2) is 34.8. The Morgan fingerprint density at radius 2 is 1.10 bits per heavy atom. The predicted octanol–water partition coefficient (Wildman–Crippen LogP) is -2.30. The molecule has 1 aliphatic heterocycles. The fourth-order valence-corrected chi connectivity index (χ4v) is 8.70. The number of phenols is 2. The molecule has 10 atom stereocenters. The molecule has 0 aromatic heterocycles. The fourth-order valence-electron chi connectivity index (χ4n) is 8.70. The van der Waals surface area contributed by atoms with Crippen LogP contribution in [-0.4, -0.2) is 165 Å². The number of carbonyl (C=O) groups excluding carboxylic acids is 10. The number of unbranched alkanes of at least 4 members (excludes halogenated alkanes) is 1. The molecule has 10 amide bonds. The Bertz CT molecular complexity index is 2560. The van der Waals surface area contributed by atoms with Gasteiger partial charge in [0.25, 0.3) is 0 Å². The molecule has 0 saturated carbocycles. The maximum atomic E-state index is 14.4. The van der Waals surface area contributed by atoms with Gasteiger partial charge in [-0.25, -0.2) is 4.79 Å². The monoisotopic (exact) mass is 1170 g/mol. The van der Waals surface area contributed by atoms with Gasteiger partial charge in [0, 0.05) is 19.3 Å². The first kappa shape index (κ1) is 68.9. The standard InChI is InChI=1S/C55H82N12O16/c1-6-30(4)46(67-48(75)36-11-9-23-58-36)54(81)59-28-44(71)61-39(25-32-12-16-34(68)17-13-32)52(79)64-40(26-33-14-18-35(69)19-15-33)53(80)65-41(27-45(72)73)51(78)60-31(5)47(74)62-38(20-21-43(57)70)50(77)63-37(10-7-8-22-56)49(76)66-42(55(82)83)24-29(2)3/h12-19,29-31,36-42,46,58,68-69H,6-11,20-28,56H2,1-5H3,(H2,57,70)(H,59,81)(H,60,78)(H,61,71)(H,62,74)(H,63,77)(H,64,79)(H,65,80)(H,66,76)(H,67,75)(H,72,73)(H,82,83)/t30-,31-,36-,37-,38-,39-,40-,41-,42-,46-/m0/s1. The van der Waals surface area contributed by atoms with E-state index < -0.39 is 145 Å². The normalized spacial score (nSPS) is 16.1. The molecule has 1 heterocycles. The number of benzene rings is 2. The van der Waals surface area contributed by atoms with Crippen molar-refractivity contribution in [2.45, 2.75) is 166 Å². The molecule has 0 radical (unpaired) electrons. The Hall–Kier alpha value is -8.40. The van der Waals surface area contributed by atoms with Gasteiger partial charge >= 0.3 is 11.9 Å². The Balaban J connectivity index is 1.87. The van der Waals surface area contributed by atoms with E-state index in [9.17, 15) is 78.0 Å². The molecule has 1 aliphatic rings. The van der Waals surface area contributed by atoms with Crippen LogP contribution in [0.1, 0.15) is 110 Å². The van der Waals surface area contributed by atoms with Crippen LogP contribution in [0, 0.1) is 11.8 Å². The lowest BCUT2D eigenvalue weighted by atomic mass is 9.97. The molecule has 0 spiro atoms. The molecule has 28 heteroatoms. The summed E-state index contributed by atoms with van der Waals surface area (Å²) in [6.07, 6.45) is 0.153. The summed E-state index contributed by atoms with van der Waals surface area (Å²) in [5.41, 5.74) is 11.8. The van der Waals surface area contributed by atoms with Crippen molar-refractivity contribution in [2.24, 2.45) is 23.3 Å².